The highest BCUT2D eigenvalue weighted by molar-refractivity contribution is 7.89. The Bertz CT molecular complexity index is 1730. The number of thiazole rings is 1. The summed E-state index contributed by atoms with van der Waals surface area (Å²) in [7, 11) is -4.04. The van der Waals surface area contributed by atoms with Gasteiger partial charge in [0.2, 0.25) is 15.9 Å². The van der Waals surface area contributed by atoms with Crippen LogP contribution in [0.1, 0.15) is 61.4 Å². The van der Waals surface area contributed by atoms with E-state index in [1.54, 1.807) is 21.9 Å². The molecule has 13 nitrogen and oxygen atoms in total. The van der Waals surface area contributed by atoms with Crippen molar-refractivity contribution >= 4 is 39.5 Å². The summed E-state index contributed by atoms with van der Waals surface area (Å²) in [5, 5.41) is 29.5. The minimum Gasteiger partial charge on any atom is -0.411 e. The number of amides is 3. The molecule has 1 aliphatic heterocycles. The van der Waals surface area contributed by atoms with Crippen molar-refractivity contribution in [2.75, 3.05) is 26.2 Å². The molecule has 3 aromatic rings. The maximum absolute atomic E-state index is 14.3. The summed E-state index contributed by atoms with van der Waals surface area (Å²) in [4.78, 5) is 35.8. The van der Waals surface area contributed by atoms with Gasteiger partial charge >= 0.3 is 6.03 Å². The number of aromatic nitrogens is 1. The maximum Gasteiger partial charge on any atom is 0.321 e. The maximum atomic E-state index is 14.3. The van der Waals surface area contributed by atoms with Gasteiger partial charge in [-0.2, -0.15) is 4.31 Å². The van der Waals surface area contributed by atoms with Gasteiger partial charge in [0.05, 0.1) is 35.5 Å². The zero-order valence-electron chi connectivity index (χ0n) is 29.2. The van der Waals surface area contributed by atoms with Gasteiger partial charge in [0.25, 0.3) is 0 Å². The fraction of sp³-hybridized carbons (Fsp3) is 0.500. The number of sulfonamides is 1. The van der Waals surface area contributed by atoms with Crippen LogP contribution in [0.4, 0.5) is 4.79 Å². The summed E-state index contributed by atoms with van der Waals surface area (Å²) in [6.07, 6.45) is 3.64. The number of rotatable bonds is 18. The third-order valence-electron chi connectivity index (χ3n) is 9.93. The predicted molar refractivity (Wildman–Crippen MR) is 196 cm³/mol. The summed E-state index contributed by atoms with van der Waals surface area (Å²) in [6.45, 7) is 5.35. The Labute approximate surface area is 304 Å². The van der Waals surface area contributed by atoms with Gasteiger partial charge in [-0.15, -0.1) is 11.3 Å². The third kappa shape index (κ3) is 9.51. The topological polar surface area (TPSA) is 182 Å². The molecule has 4 atom stereocenters. The number of hydrogen-bond acceptors (Lipinski definition) is 10. The van der Waals surface area contributed by atoms with E-state index in [0.717, 1.165) is 35.5 Å². The highest BCUT2D eigenvalue weighted by atomic mass is 32.2. The van der Waals surface area contributed by atoms with E-state index in [2.05, 4.69) is 15.5 Å². The molecule has 0 unspecified atom stereocenters. The first-order chi connectivity index (χ1) is 24.5. The predicted octanol–water partition coefficient (Wildman–Crippen LogP) is 3.64. The third-order valence-corrected chi connectivity index (χ3v) is 12.7. The Morgan fingerprint density at radius 3 is 2.51 bits per heavy atom. The molecular weight excluding hydrogens is 691 g/mol. The molecule has 51 heavy (non-hydrogen) atoms. The molecule has 276 valence electrons. The SMILES string of the molecule is CC[C@H](C)[C@@H](C(=O)N[C@@H](Cc1ccccc1)[C@H](O)CN(CC1CCC1)S(=O)(=O)c1ccc(/C=N/O)cc1)N1CCN(Cc2csc(CN)n2)C1=O. The fourth-order valence-corrected chi connectivity index (χ4v) is 8.78. The average Bonchev–Trinajstić information content (AvgIpc) is 3.72. The van der Waals surface area contributed by atoms with Gasteiger partial charge < -0.3 is 31.2 Å². The number of aliphatic hydroxyl groups excluding tert-OH is 1. The molecule has 5 N–H and O–H groups in total. The molecule has 2 aromatic carbocycles. The Morgan fingerprint density at radius 1 is 1.18 bits per heavy atom. The Balaban J connectivity index is 1.37. The molecule has 1 aromatic heterocycles. The van der Waals surface area contributed by atoms with Crippen molar-refractivity contribution in [1.82, 2.24) is 24.4 Å². The molecule has 3 amide bonds. The first kappa shape index (κ1) is 38.3. The van der Waals surface area contributed by atoms with Crippen molar-refractivity contribution in [2.24, 2.45) is 22.7 Å². The molecule has 15 heteroatoms. The number of carbonyl (C=O) groups excluding carboxylic acids is 2. The van der Waals surface area contributed by atoms with Crippen LogP contribution in [-0.2, 0) is 34.3 Å². The number of carbonyl (C=O) groups is 2. The van der Waals surface area contributed by atoms with Crippen LogP contribution >= 0.6 is 11.3 Å². The molecule has 5 rings (SSSR count). The minimum atomic E-state index is -4.04. The van der Waals surface area contributed by atoms with Crippen molar-refractivity contribution in [2.45, 2.75) is 82.1 Å². The molecule has 1 saturated heterocycles. The van der Waals surface area contributed by atoms with Crippen LogP contribution in [0.3, 0.4) is 0 Å². The number of hydrogen-bond donors (Lipinski definition) is 4. The summed E-state index contributed by atoms with van der Waals surface area (Å²) in [5.74, 6) is -0.422. The number of urea groups is 1. The van der Waals surface area contributed by atoms with E-state index in [-0.39, 0.29) is 42.3 Å². The number of aliphatic hydroxyl groups is 1. The molecule has 1 aliphatic carbocycles. The highest BCUT2D eigenvalue weighted by Crippen LogP contribution is 2.30. The van der Waals surface area contributed by atoms with E-state index in [4.69, 9.17) is 10.9 Å². The lowest BCUT2D eigenvalue weighted by molar-refractivity contribution is -0.128. The van der Waals surface area contributed by atoms with Crippen LogP contribution < -0.4 is 11.1 Å². The van der Waals surface area contributed by atoms with Crippen molar-refractivity contribution in [3.05, 3.63) is 81.8 Å². The first-order valence-corrected chi connectivity index (χ1v) is 19.8. The highest BCUT2D eigenvalue weighted by Gasteiger charge is 2.41. The van der Waals surface area contributed by atoms with Gasteiger partial charge in [0.15, 0.2) is 0 Å². The van der Waals surface area contributed by atoms with Gasteiger partial charge in [-0.25, -0.2) is 18.2 Å². The molecular formula is C36H49N7O6S2. The number of nitrogens with one attached hydrogen (secondary N) is 1. The van der Waals surface area contributed by atoms with Gasteiger partial charge in [-0.05, 0) is 54.4 Å². The van der Waals surface area contributed by atoms with E-state index in [1.165, 1.54) is 34.0 Å². The van der Waals surface area contributed by atoms with E-state index in [1.807, 2.05) is 49.6 Å². The number of nitrogens with zero attached hydrogens (tertiary/aromatic N) is 5. The van der Waals surface area contributed by atoms with Crippen LogP contribution in [0.5, 0.6) is 0 Å². The average molecular weight is 740 g/mol. The van der Waals surface area contributed by atoms with Gasteiger partial charge in [-0.3, -0.25) is 4.79 Å². The molecule has 0 spiro atoms. The van der Waals surface area contributed by atoms with Crippen molar-refractivity contribution in [3.8, 4) is 0 Å². The molecule has 2 aliphatic rings. The number of nitrogens with two attached hydrogens (primary N) is 1. The summed E-state index contributed by atoms with van der Waals surface area (Å²) >= 11 is 1.45. The smallest absolute Gasteiger partial charge is 0.321 e. The normalized spacial score (nSPS) is 17.9. The number of benzene rings is 2. The zero-order valence-corrected chi connectivity index (χ0v) is 30.8. The van der Waals surface area contributed by atoms with E-state index < -0.39 is 34.1 Å². The summed E-state index contributed by atoms with van der Waals surface area (Å²) < 4.78 is 29.4. The molecule has 2 fully saturated rings. The Hall–Kier alpha value is -3.89. The lowest BCUT2D eigenvalue weighted by Crippen LogP contribution is -2.57. The van der Waals surface area contributed by atoms with Crippen LogP contribution in [0.15, 0.2) is 70.0 Å². The van der Waals surface area contributed by atoms with Crippen molar-refractivity contribution in [1.29, 1.82) is 0 Å². The van der Waals surface area contributed by atoms with Crippen molar-refractivity contribution < 1.29 is 28.3 Å². The molecule has 2 heterocycles. The van der Waals surface area contributed by atoms with Gasteiger partial charge in [0, 0.05) is 38.1 Å². The quantitative estimate of drug-likeness (QED) is 0.0867. The zero-order chi connectivity index (χ0) is 36.5. The molecule has 0 radical (unpaired) electrons. The number of oxime groups is 1. The molecule has 0 bridgehead atoms. The van der Waals surface area contributed by atoms with E-state index in [9.17, 15) is 23.1 Å². The fourth-order valence-electron chi connectivity index (χ4n) is 6.58. The lowest BCUT2D eigenvalue weighted by Gasteiger charge is -2.36. The van der Waals surface area contributed by atoms with E-state index in [0.29, 0.717) is 38.2 Å². The second-order valence-electron chi connectivity index (χ2n) is 13.5. The van der Waals surface area contributed by atoms with Crippen LogP contribution in [0.2, 0.25) is 0 Å². The Kier molecular flexibility index (Phi) is 13.2. The summed E-state index contributed by atoms with van der Waals surface area (Å²) in [6, 6.07) is 13.5. The second kappa shape index (κ2) is 17.6. The van der Waals surface area contributed by atoms with Crippen LogP contribution in [0, 0.1) is 11.8 Å². The monoisotopic (exact) mass is 739 g/mol. The van der Waals surface area contributed by atoms with E-state index >= 15 is 0 Å². The largest absolute Gasteiger partial charge is 0.411 e. The van der Waals surface area contributed by atoms with Crippen molar-refractivity contribution in [3.63, 3.8) is 0 Å². The lowest BCUT2D eigenvalue weighted by atomic mass is 9.85. The van der Waals surface area contributed by atoms with Gasteiger partial charge in [0.1, 0.15) is 11.0 Å². The van der Waals surface area contributed by atoms with Crippen LogP contribution in [-0.4, -0.2) is 100 Å². The van der Waals surface area contributed by atoms with Gasteiger partial charge in [-0.1, -0.05) is 74.3 Å². The second-order valence-corrected chi connectivity index (χ2v) is 16.3. The standard InChI is InChI=1S/C36H49N7O6S2/c1-3-25(2)34(43-17-16-41(36(43)46)22-29-24-50-33(19-37)39-29)35(45)40-31(18-26-8-5-4-6-9-26)32(44)23-42(21-28-10-7-11-28)51(48,49)30-14-12-27(13-15-30)20-38-47/h4-6,8-9,12-15,20,24-25,28,31-32,34,44,47H,3,7,10-11,16-19,21-23,37H2,1-2H3,(H,40,45)/b38-20+/t25-,31-,32+,34-/m0/s1. The Morgan fingerprint density at radius 2 is 1.90 bits per heavy atom. The minimum absolute atomic E-state index is 0.0543. The molecule has 1 saturated carbocycles. The first-order valence-electron chi connectivity index (χ1n) is 17.5. The summed E-state index contributed by atoms with van der Waals surface area (Å²) in [5.41, 5.74) is 7.87. The van der Waals surface area contributed by atoms with Crippen LogP contribution in [0.25, 0.3) is 0 Å².